The van der Waals surface area contributed by atoms with Crippen molar-refractivity contribution in [3.05, 3.63) is 143 Å². The number of carbonyl (C=O) groups excluding carboxylic acids is 1. The van der Waals surface area contributed by atoms with Crippen LogP contribution in [0.25, 0.3) is 11.1 Å². The molecule has 1 aliphatic rings. The van der Waals surface area contributed by atoms with Crippen LogP contribution in [0.3, 0.4) is 0 Å². The predicted molar refractivity (Wildman–Crippen MR) is 266 cm³/mol. The van der Waals surface area contributed by atoms with Crippen LogP contribution in [0.5, 0.6) is 0 Å². The minimum absolute atomic E-state index is 0.0209. The topological polar surface area (TPSA) is 111 Å². The number of Topliss-reactive ketones (excluding diaryl/α,β-unsaturated/α-hetero) is 1. The molecule has 2 atom stereocenters. The van der Waals surface area contributed by atoms with Gasteiger partial charge in [0.15, 0.2) is 23.9 Å². The van der Waals surface area contributed by atoms with Crippen molar-refractivity contribution in [1.29, 1.82) is 0 Å². The lowest BCUT2D eigenvalue weighted by Crippen LogP contribution is -2.45. The minimum atomic E-state index is -4.12. The van der Waals surface area contributed by atoms with E-state index in [-0.39, 0.29) is 38.8 Å². The number of piperidine rings is 1. The normalized spacial score (nSPS) is 15.0. The summed E-state index contributed by atoms with van der Waals surface area (Å²) in [5.41, 5.74) is 5.31. The zero-order valence-corrected chi connectivity index (χ0v) is 41.6. The molecule has 1 saturated heterocycles. The molecule has 1 fully saturated rings. The number of carbonyl (C=O) groups is 1. The highest BCUT2D eigenvalue weighted by Gasteiger charge is 2.42. The molecule has 2 N–H and O–H groups in total. The molecule has 64 heavy (non-hydrogen) atoms. The van der Waals surface area contributed by atoms with Gasteiger partial charge in [0.05, 0.1) is 16.7 Å². The summed E-state index contributed by atoms with van der Waals surface area (Å²) in [7, 11) is -2.27. The summed E-state index contributed by atoms with van der Waals surface area (Å²) in [6.07, 6.45) is 3.11. The molecular weight excluding hydrogens is 878 g/mol. The number of thioether (sulfide) groups is 1. The van der Waals surface area contributed by atoms with Gasteiger partial charge in [-0.1, -0.05) is 93.0 Å². The van der Waals surface area contributed by atoms with Gasteiger partial charge in [-0.2, -0.15) is 0 Å². The fourth-order valence-corrected chi connectivity index (χ4v) is 11.8. The molecule has 342 valence electrons. The first-order chi connectivity index (χ1) is 30.3. The maximum absolute atomic E-state index is 13.7. The van der Waals surface area contributed by atoms with Crippen LogP contribution in [0.2, 0.25) is 23.2 Å². The molecule has 5 aromatic carbocycles. The largest absolute Gasteiger partial charge is 0.410 e. The maximum Gasteiger partial charge on any atom is 0.192 e. The van der Waals surface area contributed by atoms with Gasteiger partial charge >= 0.3 is 0 Å². The molecular formula is C51H64ClN3O6S2Si. The summed E-state index contributed by atoms with van der Waals surface area (Å²) in [5, 5.41) is 21.2. The highest BCUT2D eigenvalue weighted by Crippen LogP contribution is 2.46. The number of halogens is 1. The van der Waals surface area contributed by atoms with E-state index in [1.807, 2.05) is 56.6 Å². The molecule has 0 amide bonds. The van der Waals surface area contributed by atoms with E-state index < -0.39 is 29.7 Å². The molecule has 0 saturated carbocycles. The predicted octanol–water partition coefficient (Wildman–Crippen LogP) is 12.1. The maximum atomic E-state index is 13.7. The Labute approximate surface area is 391 Å². The third-order valence-electron chi connectivity index (χ3n) is 12.8. The van der Waals surface area contributed by atoms with Crippen LogP contribution in [0.15, 0.2) is 131 Å². The number of anilines is 2. The lowest BCUT2D eigenvalue weighted by Gasteiger charge is -2.44. The lowest BCUT2D eigenvalue weighted by atomic mass is 9.84. The van der Waals surface area contributed by atoms with Gasteiger partial charge in [0.1, 0.15) is 5.75 Å². The van der Waals surface area contributed by atoms with Gasteiger partial charge in [0.2, 0.25) is 0 Å². The molecule has 0 spiro atoms. The fourth-order valence-electron chi connectivity index (χ4n) is 8.03. The lowest BCUT2D eigenvalue weighted by molar-refractivity contribution is 0.0285. The number of hydrogen-bond donors (Lipinski definition) is 2. The molecule has 1 heterocycles. The molecule has 0 radical (unpaired) electrons. The SMILES string of the molecule is CN(C)CC[C@H](CSc1ccccc1)Cc1ccc(S(=O)(=O)CC(=O)c2ccc(N3CCC([C@@H](O[Si](C)(C)C(C)(C)C)c4ccccc4-c4ccc(Cl)cc4)CC3)cc2)cc1N(O)O. The van der Waals surface area contributed by atoms with E-state index in [0.29, 0.717) is 22.6 Å². The quantitative estimate of drug-likeness (QED) is 0.0359. The summed E-state index contributed by atoms with van der Waals surface area (Å²) < 4.78 is 34.7. The molecule has 1 aliphatic heterocycles. The number of hydrogen-bond acceptors (Lipinski definition) is 10. The summed E-state index contributed by atoms with van der Waals surface area (Å²) in [6.45, 7) is 13.9. The first-order valence-electron chi connectivity index (χ1n) is 22.1. The Bertz CT molecular complexity index is 2420. The van der Waals surface area contributed by atoms with Crippen LogP contribution in [-0.2, 0) is 20.7 Å². The molecule has 9 nitrogen and oxygen atoms in total. The number of ketones is 1. The number of nitrogens with zero attached hydrogens (tertiary/aromatic N) is 3. The third kappa shape index (κ3) is 12.9. The van der Waals surface area contributed by atoms with Gasteiger partial charge in [-0.15, -0.1) is 17.0 Å². The average molecular weight is 943 g/mol. The highest BCUT2D eigenvalue weighted by atomic mass is 35.5. The van der Waals surface area contributed by atoms with Gasteiger partial charge in [-0.25, -0.2) is 8.42 Å². The van der Waals surface area contributed by atoms with E-state index in [4.69, 9.17) is 16.0 Å². The monoisotopic (exact) mass is 941 g/mol. The molecule has 6 rings (SSSR count). The van der Waals surface area contributed by atoms with Crippen molar-refractivity contribution < 1.29 is 28.1 Å². The Hall–Kier alpha value is -3.98. The van der Waals surface area contributed by atoms with E-state index in [9.17, 15) is 23.6 Å². The van der Waals surface area contributed by atoms with Gasteiger partial charge in [0.25, 0.3) is 0 Å². The van der Waals surface area contributed by atoms with Crippen molar-refractivity contribution in [2.24, 2.45) is 11.8 Å². The van der Waals surface area contributed by atoms with Crippen molar-refractivity contribution in [2.75, 3.05) is 55.4 Å². The second-order valence-electron chi connectivity index (χ2n) is 18.8. The summed E-state index contributed by atoms with van der Waals surface area (Å²) in [5.74, 6) is -0.0300. The molecule has 5 aromatic rings. The van der Waals surface area contributed by atoms with Crippen molar-refractivity contribution >= 4 is 58.7 Å². The first kappa shape index (κ1) is 49.5. The smallest absolute Gasteiger partial charge is 0.192 e. The molecule has 0 aliphatic carbocycles. The van der Waals surface area contributed by atoms with Gasteiger partial charge < -0.3 is 14.2 Å². The first-order valence-corrected chi connectivity index (χ1v) is 28.0. The molecule has 0 unspecified atom stereocenters. The van der Waals surface area contributed by atoms with E-state index in [2.05, 4.69) is 92.2 Å². The van der Waals surface area contributed by atoms with Crippen LogP contribution in [0.4, 0.5) is 11.4 Å². The Balaban J connectivity index is 1.12. The Morgan fingerprint density at radius 3 is 2.16 bits per heavy atom. The third-order valence-corrected chi connectivity index (χ3v) is 20.4. The highest BCUT2D eigenvalue weighted by molar-refractivity contribution is 7.99. The second kappa shape index (κ2) is 21.5. The van der Waals surface area contributed by atoms with E-state index in [1.165, 1.54) is 17.7 Å². The zero-order valence-electron chi connectivity index (χ0n) is 38.2. The van der Waals surface area contributed by atoms with Crippen molar-refractivity contribution in [3.8, 4) is 11.1 Å². The van der Waals surface area contributed by atoms with Gasteiger partial charge in [-0.3, -0.25) is 15.2 Å². The van der Waals surface area contributed by atoms with Crippen molar-refractivity contribution in [1.82, 2.24) is 4.90 Å². The molecule has 0 bridgehead atoms. The van der Waals surface area contributed by atoms with Crippen molar-refractivity contribution in [2.45, 2.75) is 80.5 Å². The number of benzene rings is 5. The summed E-state index contributed by atoms with van der Waals surface area (Å²) in [4.78, 5) is 19.0. The van der Waals surface area contributed by atoms with E-state index >= 15 is 0 Å². The summed E-state index contributed by atoms with van der Waals surface area (Å²) in [6, 6.07) is 38.2. The average Bonchev–Trinajstić information content (AvgIpc) is 3.26. The zero-order chi connectivity index (χ0) is 46.2. The molecule has 0 aromatic heterocycles. The number of sulfone groups is 1. The van der Waals surface area contributed by atoms with Crippen molar-refractivity contribution in [3.63, 3.8) is 0 Å². The van der Waals surface area contributed by atoms with E-state index in [0.717, 1.165) is 66.4 Å². The van der Waals surface area contributed by atoms with Crippen LogP contribution in [-0.4, -0.2) is 83.1 Å². The van der Waals surface area contributed by atoms with E-state index in [1.54, 1.807) is 30.0 Å². The van der Waals surface area contributed by atoms with Crippen LogP contribution >= 0.6 is 23.4 Å². The standard InChI is InChI=1S/C51H64ClN3O6S2Si/c1-51(2,3)64(6,7)61-50(47-16-12-11-15-46(47)38-17-22-42(52)23-18-38)40-28-31-54(32-29-40)43-24-19-39(20-25-43)49(56)36-63(59,60)45-26-21-41(48(34-45)55(57)58)33-37(27-30-53(4)5)35-62-44-13-9-8-10-14-44/h8-26,34,37,40,50,57-58H,27-33,35-36H2,1-7H3/t37-,50+/m0/s1. The Morgan fingerprint density at radius 2 is 1.53 bits per heavy atom. The van der Waals surface area contributed by atoms with Gasteiger partial charge in [0, 0.05) is 40.0 Å². The fraction of sp³-hybridized carbons (Fsp3) is 0.392. The van der Waals surface area contributed by atoms with Crippen LogP contribution in [0.1, 0.15) is 67.6 Å². The molecule has 13 heteroatoms. The summed E-state index contributed by atoms with van der Waals surface area (Å²) >= 11 is 8.01. The number of rotatable bonds is 19. The second-order valence-corrected chi connectivity index (χ2v) is 27.1. The van der Waals surface area contributed by atoms with Crippen LogP contribution in [0, 0.1) is 11.8 Å². The minimum Gasteiger partial charge on any atom is -0.410 e. The van der Waals surface area contributed by atoms with Gasteiger partial charge in [-0.05, 0) is 159 Å². The Morgan fingerprint density at radius 1 is 0.891 bits per heavy atom. The van der Waals surface area contributed by atoms with Crippen LogP contribution < -0.4 is 10.1 Å². The Kier molecular flexibility index (Phi) is 16.6.